The predicted octanol–water partition coefficient (Wildman–Crippen LogP) is 2.44. The van der Waals surface area contributed by atoms with Crippen LogP contribution in [0, 0.1) is 5.82 Å². The van der Waals surface area contributed by atoms with Gasteiger partial charge in [0.15, 0.2) is 5.82 Å². The van der Waals surface area contributed by atoms with Gasteiger partial charge in [0.2, 0.25) is 11.2 Å². The van der Waals surface area contributed by atoms with E-state index in [2.05, 4.69) is 4.72 Å². The van der Waals surface area contributed by atoms with E-state index >= 15 is 4.39 Å². The summed E-state index contributed by atoms with van der Waals surface area (Å²) < 4.78 is 52.0. The number of carbonyl (C=O) groups excluding carboxylic acids is 1. The zero-order valence-corrected chi connectivity index (χ0v) is 18.8. The van der Waals surface area contributed by atoms with E-state index in [1.165, 1.54) is 4.31 Å². The zero-order chi connectivity index (χ0) is 22.2. The molecule has 5 rings (SSSR count). The first-order valence-electron chi connectivity index (χ1n) is 10.3. The van der Waals surface area contributed by atoms with Gasteiger partial charge in [0.05, 0.1) is 11.0 Å². The van der Waals surface area contributed by atoms with Gasteiger partial charge in [-0.25, -0.2) is 17.1 Å². The van der Waals surface area contributed by atoms with Crippen molar-refractivity contribution in [2.75, 3.05) is 23.9 Å². The molecule has 3 aliphatic rings. The Morgan fingerprint density at radius 1 is 1.16 bits per heavy atom. The number of nitrogens with one attached hydrogen (secondary N) is 1. The first-order valence-corrected chi connectivity index (χ1v) is 12.6. The van der Waals surface area contributed by atoms with E-state index in [0.717, 1.165) is 24.0 Å². The molecule has 2 aromatic carbocycles. The summed E-state index contributed by atoms with van der Waals surface area (Å²) in [5.41, 5.74) is 1.93. The number of anilines is 1. The Labute approximate surface area is 190 Å². The molecule has 0 radical (unpaired) electrons. The van der Waals surface area contributed by atoms with E-state index in [-0.39, 0.29) is 29.8 Å². The summed E-state index contributed by atoms with van der Waals surface area (Å²) in [6.07, 6.45) is 3.80. The highest BCUT2D eigenvalue weighted by Crippen LogP contribution is 2.39. The molecule has 0 bridgehead atoms. The highest BCUT2D eigenvalue weighted by Gasteiger charge is 2.36. The molecule has 2 aliphatic heterocycles. The van der Waals surface area contributed by atoms with Gasteiger partial charge in [0.1, 0.15) is 24.6 Å². The highest BCUT2D eigenvalue weighted by molar-refractivity contribution is 7.85. The molecule has 0 aromatic heterocycles. The van der Waals surface area contributed by atoms with Crippen molar-refractivity contribution in [2.24, 2.45) is 0 Å². The van der Waals surface area contributed by atoms with Crippen molar-refractivity contribution < 1.29 is 22.3 Å². The van der Waals surface area contributed by atoms with Crippen LogP contribution in [0.4, 0.5) is 10.1 Å². The molecule has 10 heteroatoms. The Balaban J connectivity index is 1.45. The first-order chi connectivity index (χ1) is 15.5. The molecule has 7 nitrogen and oxygen atoms in total. The maximum atomic E-state index is 15.8. The summed E-state index contributed by atoms with van der Waals surface area (Å²) >= 11 is -1.90. The monoisotopic (exact) mass is 475 g/mol. The smallest absolute Gasteiger partial charge is 0.253 e. The minimum Gasteiger partial charge on any atom is -0.487 e. The second-order valence-corrected chi connectivity index (χ2v) is 10.8. The van der Waals surface area contributed by atoms with Gasteiger partial charge in [-0.3, -0.25) is 13.8 Å². The lowest BCUT2D eigenvalue weighted by Crippen LogP contribution is -2.26. The van der Waals surface area contributed by atoms with Gasteiger partial charge in [-0.1, -0.05) is 36.4 Å². The van der Waals surface area contributed by atoms with Crippen LogP contribution in [0.2, 0.25) is 0 Å². The summed E-state index contributed by atoms with van der Waals surface area (Å²) in [7, 11) is -1.06. The van der Waals surface area contributed by atoms with Crippen molar-refractivity contribution in [3.8, 4) is 5.75 Å². The largest absolute Gasteiger partial charge is 0.487 e. The number of nitrogens with zero attached hydrogens (tertiary/aromatic N) is 2. The number of rotatable bonds is 7. The van der Waals surface area contributed by atoms with Gasteiger partial charge in [-0.15, -0.1) is 0 Å². The van der Waals surface area contributed by atoms with Gasteiger partial charge in [0, 0.05) is 23.9 Å². The Bertz CT molecular complexity index is 1140. The molecule has 1 saturated heterocycles. The van der Waals surface area contributed by atoms with Crippen molar-refractivity contribution in [3.05, 3.63) is 65.5 Å². The van der Waals surface area contributed by atoms with Crippen LogP contribution in [-0.4, -0.2) is 43.5 Å². The van der Waals surface area contributed by atoms with Gasteiger partial charge in [-0.2, -0.15) is 0 Å². The van der Waals surface area contributed by atoms with E-state index in [1.807, 2.05) is 40.7 Å². The average Bonchev–Trinajstić information content (AvgIpc) is 3.44. The molecule has 168 valence electrons. The van der Waals surface area contributed by atoms with Gasteiger partial charge in [0.25, 0.3) is 5.91 Å². The standard InChI is InChI=1S/C22H22FN3O4S2/c23-21-18(16-10-11-25(12-16)31(28)17-6-7-17)8-9-19(30-14-15-4-2-1-3-5-15)22(21)26-13-20(27)24-32(26)29/h1-5,8-10,17H,6-7,11-14H2,(H,24,27). The van der Waals surface area contributed by atoms with Crippen LogP contribution in [0.5, 0.6) is 5.75 Å². The van der Waals surface area contributed by atoms with Gasteiger partial charge in [-0.05, 0) is 36.1 Å². The van der Waals surface area contributed by atoms with E-state index < -0.39 is 33.9 Å². The fraction of sp³-hybridized carbons (Fsp3) is 0.318. The van der Waals surface area contributed by atoms with Crippen LogP contribution in [-0.2, 0) is 33.6 Å². The Morgan fingerprint density at radius 3 is 2.62 bits per heavy atom. The average molecular weight is 476 g/mol. The highest BCUT2D eigenvalue weighted by atomic mass is 32.2. The van der Waals surface area contributed by atoms with Crippen LogP contribution in [0.15, 0.2) is 48.5 Å². The van der Waals surface area contributed by atoms with Crippen molar-refractivity contribution in [1.82, 2.24) is 9.03 Å². The Morgan fingerprint density at radius 2 is 1.94 bits per heavy atom. The van der Waals surface area contributed by atoms with Crippen LogP contribution >= 0.6 is 0 Å². The van der Waals surface area contributed by atoms with E-state index in [4.69, 9.17) is 4.74 Å². The molecule has 32 heavy (non-hydrogen) atoms. The van der Waals surface area contributed by atoms with Crippen molar-refractivity contribution >= 4 is 39.3 Å². The van der Waals surface area contributed by atoms with Crippen LogP contribution in [0.25, 0.3) is 5.57 Å². The van der Waals surface area contributed by atoms with Crippen LogP contribution < -0.4 is 13.8 Å². The van der Waals surface area contributed by atoms with E-state index in [0.29, 0.717) is 18.7 Å². The normalized spacial score (nSPS) is 22.0. The summed E-state index contributed by atoms with van der Waals surface area (Å²) in [6, 6.07) is 12.7. The molecule has 2 atom stereocenters. The number of amides is 1. The minimum absolute atomic E-state index is 0.0159. The predicted molar refractivity (Wildman–Crippen MR) is 122 cm³/mol. The maximum Gasteiger partial charge on any atom is 0.253 e. The molecule has 0 spiro atoms. The zero-order valence-electron chi connectivity index (χ0n) is 17.2. The number of carbonyl (C=O) groups is 1. The van der Waals surface area contributed by atoms with Gasteiger partial charge >= 0.3 is 0 Å². The summed E-state index contributed by atoms with van der Waals surface area (Å²) in [5.74, 6) is -0.851. The lowest BCUT2D eigenvalue weighted by Gasteiger charge is -2.21. The van der Waals surface area contributed by atoms with E-state index in [1.54, 1.807) is 12.1 Å². The lowest BCUT2D eigenvalue weighted by atomic mass is 10.0. The molecule has 2 unspecified atom stereocenters. The number of hydrogen-bond acceptors (Lipinski definition) is 4. The molecular weight excluding hydrogens is 453 g/mol. The van der Waals surface area contributed by atoms with Crippen molar-refractivity contribution in [2.45, 2.75) is 24.7 Å². The Hall–Kier alpha value is -2.56. The van der Waals surface area contributed by atoms with Gasteiger partial charge < -0.3 is 4.74 Å². The van der Waals surface area contributed by atoms with Crippen LogP contribution in [0.3, 0.4) is 0 Å². The van der Waals surface area contributed by atoms with Crippen molar-refractivity contribution in [1.29, 1.82) is 0 Å². The number of ether oxygens (including phenoxy) is 1. The third-order valence-corrected chi connectivity index (χ3v) is 8.50. The summed E-state index contributed by atoms with van der Waals surface area (Å²) in [5, 5.41) is 0.209. The van der Waals surface area contributed by atoms with Crippen LogP contribution in [0.1, 0.15) is 24.0 Å². The summed E-state index contributed by atoms with van der Waals surface area (Å²) in [6.45, 7) is 0.843. The molecule has 2 fully saturated rings. The molecule has 1 aliphatic carbocycles. The topological polar surface area (TPSA) is 79.0 Å². The Kier molecular flexibility index (Phi) is 5.83. The molecule has 2 aromatic rings. The second-order valence-electron chi connectivity index (χ2n) is 7.89. The van der Waals surface area contributed by atoms with E-state index in [9.17, 15) is 13.2 Å². The fourth-order valence-corrected chi connectivity index (χ4v) is 6.15. The summed E-state index contributed by atoms with van der Waals surface area (Å²) in [4.78, 5) is 11.8. The first kappa shape index (κ1) is 21.3. The molecule has 1 N–H and O–H groups in total. The molecule has 1 saturated carbocycles. The quantitative estimate of drug-likeness (QED) is 0.667. The molecule has 1 amide bonds. The third-order valence-electron chi connectivity index (χ3n) is 5.55. The lowest BCUT2D eigenvalue weighted by molar-refractivity contribution is -0.117. The number of hydrogen-bond donors (Lipinski definition) is 1. The molecule has 2 heterocycles. The minimum atomic E-state index is -1.90. The number of benzene rings is 2. The van der Waals surface area contributed by atoms with Crippen molar-refractivity contribution in [3.63, 3.8) is 0 Å². The second kappa shape index (κ2) is 8.76. The molecular formula is C22H22FN3O4S2. The fourth-order valence-electron chi connectivity index (χ4n) is 3.76. The maximum absolute atomic E-state index is 15.8. The third kappa shape index (κ3) is 4.22. The number of halogens is 1. The SMILES string of the molecule is O=C1CN(c2c(OCc3ccccc3)ccc(C3=CCN(S(=O)C4CC4)C3)c2F)S(=O)N1.